The molecule has 18 heavy (non-hydrogen) atoms. The highest BCUT2D eigenvalue weighted by Gasteiger charge is 2.09. The number of pyridine rings is 1. The lowest BCUT2D eigenvalue weighted by Crippen LogP contribution is -2.28. The molecule has 0 aliphatic carbocycles. The van der Waals surface area contributed by atoms with E-state index in [1.807, 2.05) is 0 Å². The topological polar surface area (TPSA) is 85.8 Å². The predicted octanol–water partition coefficient (Wildman–Crippen LogP) is 1.05. The molecule has 7 heteroatoms. The fourth-order valence-electron chi connectivity index (χ4n) is 1.42. The Morgan fingerprint density at radius 2 is 2.39 bits per heavy atom. The maximum absolute atomic E-state index is 11.8. The van der Waals surface area contributed by atoms with Gasteiger partial charge in [0, 0.05) is 23.4 Å². The van der Waals surface area contributed by atoms with Crippen LogP contribution in [0.1, 0.15) is 10.5 Å². The lowest BCUT2D eigenvalue weighted by atomic mass is 10.3. The summed E-state index contributed by atoms with van der Waals surface area (Å²) < 4.78 is 2.34. The molecule has 2 aromatic heterocycles. The molecule has 0 fully saturated rings. The second-order valence-corrected chi connectivity index (χ2v) is 4.48. The number of nitrogen functional groups attached to an aromatic ring is 1. The fraction of sp³-hybridized carbons (Fsp3) is 0.182. The van der Waals surface area contributed by atoms with Gasteiger partial charge in [-0.15, -0.1) is 0 Å². The van der Waals surface area contributed by atoms with E-state index in [-0.39, 0.29) is 5.91 Å². The van der Waals surface area contributed by atoms with Crippen molar-refractivity contribution in [3.63, 3.8) is 0 Å². The minimum absolute atomic E-state index is 0.220. The van der Waals surface area contributed by atoms with Gasteiger partial charge in [-0.25, -0.2) is 4.98 Å². The maximum Gasteiger partial charge on any atom is 0.271 e. The number of hydrogen-bond acceptors (Lipinski definition) is 4. The van der Waals surface area contributed by atoms with E-state index in [0.29, 0.717) is 28.9 Å². The number of amides is 1. The molecule has 2 heterocycles. The number of nitrogens with zero attached hydrogens (tertiary/aromatic N) is 3. The molecule has 0 aliphatic heterocycles. The van der Waals surface area contributed by atoms with Crippen molar-refractivity contribution >= 4 is 27.5 Å². The van der Waals surface area contributed by atoms with Gasteiger partial charge in [-0.2, -0.15) is 5.10 Å². The number of carbonyl (C=O) groups excluding carboxylic acids is 1. The van der Waals surface area contributed by atoms with Gasteiger partial charge in [-0.05, 0) is 28.1 Å². The molecule has 0 saturated heterocycles. The molecule has 0 atom stereocenters. The van der Waals surface area contributed by atoms with E-state index >= 15 is 0 Å². The molecule has 6 nitrogen and oxygen atoms in total. The number of halogens is 1. The first kappa shape index (κ1) is 12.6. The van der Waals surface area contributed by atoms with Crippen LogP contribution >= 0.6 is 15.9 Å². The molecule has 0 radical (unpaired) electrons. The van der Waals surface area contributed by atoms with Crippen LogP contribution in [0.25, 0.3) is 0 Å². The molecule has 1 amide bonds. The first-order valence-electron chi connectivity index (χ1n) is 5.33. The summed E-state index contributed by atoms with van der Waals surface area (Å²) in [6.07, 6.45) is 4.86. The Bertz CT molecular complexity index is 554. The molecule has 0 saturated carbocycles. The molecule has 0 spiro atoms. The van der Waals surface area contributed by atoms with Crippen LogP contribution in [-0.4, -0.2) is 27.2 Å². The lowest BCUT2D eigenvalue weighted by Gasteiger charge is -2.05. The van der Waals surface area contributed by atoms with E-state index in [4.69, 9.17) is 5.73 Å². The molecule has 0 unspecified atom stereocenters. The summed E-state index contributed by atoms with van der Waals surface area (Å²) in [5.74, 6) is -0.220. The van der Waals surface area contributed by atoms with Crippen LogP contribution in [0, 0.1) is 0 Å². The SMILES string of the molecule is Nc1cnn(CCNC(=O)c2ncccc2Br)c1. The second-order valence-electron chi connectivity index (χ2n) is 3.63. The van der Waals surface area contributed by atoms with Crippen LogP contribution in [0.15, 0.2) is 35.2 Å². The highest BCUT2D eigenvalue weighted by Crippen LogP contribution is 2.12. The molecule has 2 aromatic rings. The number of rotatable bonds is 4. The van der Waals surface area contributed by atoms with E-state index < -0.39 is 0 Å². The standard InChI is InChI=1S/C11H12BrN5O/c12-9-2-1-3-14-10(9)11(18)15-4-5-17-7-8(13)6-16-17/h1-3,6-7H,4-5,13H2,(H,15,18). The Balaban J connectivity index is 1.87. The van der Waals surface area contributed by atoms with E-state index in [1.54, 1.807) is 35.4 Å². The van der Waals surface area contributed by atoms with E-state index in [2.05, 4.69) is 31.3 Å². The zero-order valence-electron chi connectivity index (χ0n) is 9.51. The average molecular weight is 310 g/mol. The van der Waals surface area contributed by atoms with Gasteiger partial charge in [-0.1, -0.05) is 0 Å². The average Bonchev–Trinajstić information content (AvgIpc) is 2.75. The van der Waals surface area contributed by atoms with Crippen LogP contribution in [0.3, 0.4) is 0 Å². The van der Waals surface area contributed by atoms with Gasteiger partial charge in [0.15, 0.2) is 0 Å². The van der Waals surface area contributed by atoms with Gasteiger partial charge in [-0.3, -0.25) is 9.48 Å². The predicted molar refractivity (Wildman–Crippen MR) is 70.9 cm³/mol. The Morgan fingerprint density at radius 3 is 3.06 bits per heavy atom. The third kappa shape index (κ3) is 3.07. The van der Waals surface area contributed by atoms with Crippen molar-refractivity contribution in [1.82, 2.24) is 20.1 Å². The first-order valence-corrected chi connectivity index (χ1v) is 6.13. The summed E-state index contributed by atoms with van der Waals surface area (Å²) in [4.78, 5) is 15.8. The molecular weight excluding hydrogens is 298 g/mol. The summed E-state index contributed by atoms with van der Waals surface area (Å²) in [5.41, 5.74) is 6.51. The largest absolute Gasteiger partial charge is 0.396 e. The first-order chi connectivity index (χ1) is 8.66. The number of hydrogen-bond donors (Lipinski definition) is 2. The molecular formula is C11H12BrN5O. The van der Waals surface area contributed by atoms with Crippen molar-refractivity contribution in [3.8, 4) is 0 Å². The van der Waals surface area contributed by atoms with Gasteiger partial charge >= 0.3 is 0 Å². The number of nitrogens with two attached hydrogens (primary N) is 1. The van der Waals surface area contributed by atoms with Crippen molar-refractivity contribution in [2.24, 2.45) is 0 Å². The van der Waals surface area contributed by atoms with Crippen LogP contribution in [0.5, 0.6) is 0 Å². The zero-order chi connectivity index (χ0) is 13.0. The van der Waals surface area contributed by atoms with Gasteiger partial charge in [0.2, 0.25) is 0 Å². The summed E-state index contributed by atoms with van der Waals surface area (Å²) in [6.45, 7) is 1.02. The molecule has 94 valence electrons. The van der Waals surface area contributed by atoms with Gasteiger partial charge in [0.25, 0.3) is 5.91 Å². The second kappa shape index (κ2) is 5.63. The lowest BCUT2D eigenvalue weighted by molar-refractivity contribution is 0.0946. The van der Waals surface area contributed by atoms with Gasteiger partial charge in [0.1, 0.15) is 5.69 Å². The highest BCUT2D eigenvalue weighted by molar-refractivity contribution is 9.10. The Hall–Kier alpha value is -1.89. The summed E-state index contributed by atoms with van der Waals surface area (Å²) in [5, 5.41) is 6.78. The molecule has 0 bridgehead atoms. The third-order valence-electron chi connectivity index (χ3n) is 2.25. The van der Waals surface area contributed by atoms with Gasteiger partial charge < -0.3 is 11.1 Å². The number of carbonyl (C=O) groups is 1. The molecule has 2 rings (SSSR count). The van der Waals surface area contributed by atoms with Crippen LogP contribution in [0.4, 0.5) is 5.69 Å². The van der Waals surface area contributed by atoms with Crippen molar-refractivity contribution in [2.45, 2.75) is 6.54 Å². The summed E-state index contributed by atoms with van der Waals surface area (Å²) >= 11 is 3.28. The molecule has 0 aliphatic rings. The van der Waals surface area contributed by atoms with Crippen molar-refractivity contribution in [1.29, 1.82) is 0 Å². The van der Waals surface area contributed by atoms with Gasteiger partial charge in [0.05, 0.1) is 18.4 Å². The third-order valence-corrected chi connectivity index (χ3v) is 2.89. The van der Waals surface area contributed by atoms with Crippen molar-refractivity contribution in [3.05, 3.63) is 40.9 Å². The van der Waals surface area contributed by atoms with Crippen molar-refractivity contribution < 1.29 is 4.79 Å². The van der Waals surface area contributed by atoms with Crippen LogP contribution in [-0.2, 0) is 6.54 Å². The number of aromatic nitrogens is 3. The normalized spacial score (nSPS) is 10.3. The molecule has 3 N–H and O–H groups in total. The van der Waals surface area contributed by atoms with Crippen LogP contribution < -0.4 is 11.1 Å². The zero-order valence-corrected chi connectivity index (χ0v) is 11.1. The number of anilines is 1. The summed E-state index contributed by atoms with van der Waals surface area (Å²) in [6, 6.07) is 3.53. The van der Waals surface area contributed by atoms with E-state index in [9.17, 15) is 4.79 Å². The maximum atomic E-state index is 11.8. The Kier molecular flexibility index (Phi) is 3.93. The number of nitrogens with one attached hydrogen (secondary N) is 1. The minimum Gasteiger partial charge on any atom is -0.396 e. The Labute approximate surface area is 112 Å². The smallest absolute Gasteiger partial charge is 0.271 e. The van der Waals surface area contributed by atoms with E-state index in [1.165, 1.54) is 0 Å². The quantitative estimate of drug-likeness (QED) is 0.884. The monoisotopic (exact) mass is 309 g/mol. The molecule has 0 aromatic carbocycles. The fourth-order valence-corrected chi connectivity index (χ4v) is 1.86. The summed E-state index contributed by atoms with van der Waals surface area (Å²) in [7, 11) is 0. The van der Waals surface area contributed by atoms with Crippen molar-refractivity contribution in [2.75, 3.05) is 12.3 Å². The Morgan fingerprint density at radius 1 is 1.56 bits per heavy atom. The minimum atomic E-state index is -0.220. The highest BCUT2D eigenvalue weighted by atomic mass is 79.9. The van der Waals surface area contributed by atoms with Crippen LogP contribution in [0.2, 0.25) is 0 Å². The van der Waals surface area contributed by atoms with E-state index in [0.717, 1.165) is 0 Å².